The third-order valence-corrected chi connectivity index (χ3v) is 5.86. The van der Waals surface area contributed by atoms with Gasteiger partial charge in [-0.05, 0) is 55.0 Å². The van der Waals surface area contributed by atoms with Crippen LogP contribution in [0.2, 0.25) is 5.02 Å². The molecule has 0 radical (unpaired) electrons. The molecule has 8 heteroatoms. The lowest BCUT2D eigenvalue weighted by atomic mass is 10.1. The first-order chi connectivity index (χ1) is 13.2. The number of aliphatic hydroxyl groups excluding tert-OH is 1. The number of aliphatic hydroxyl groups is 1. The van der Waals surface area contributed by atoms with E-state index < -0.39 is 6.10 Å². The van der Waals surface area contributed by atoms with E-state index >= 15 is 0 Å². The number of nitrogens with one attached hydrogen (secondary N) is 2. The van der Waals surface area contributed by atoms with Gasteiger partial charge in [0.15, 0.2) is 5.96 Å². The molecule has 1 aromatic carbocycles. The van der Waals surface area contributed by atoms with Crippen LogP contribution in [0.15, 0.2) is 46.8 Å². The summed E-state index contributed by atoms with van der Waals surface area (Å²) < 4.78 is 0. The van der Waals surface area contributed by atoms with E-state index in [0.717, 1.165) is 44.0 Å². The predicted molar refractivity (Wildman–Crippen MR) is 130 cm³/mol. The van der Waals surface area contributed by atoms with Gasteiger partial charge in [-0.2, -0.15) is 0 Å². The van der Waals surface area contributed by atoms with Gasteiger partial charge >= 0.3 is 0 Å². The quantitative estimate of drug-likeness (QED) is 0.294. The zero-order valence-electron chi connectivity index (χ0n) is 16.0. The third kappa shape index (κ3) is 6.79. The molecule has 0 saturated carbocycles. The molecule has 1 aliphatic rings. The van der Waals surface area contributed by atoms with E-state index in [1.165, 1.54) is 5.00 Å². The lowest BCUT2D eigenvalue weighted by molar-refractivity contribution is 0.187. The fourth-order valence-electron chi connectivity index (χ4n) is 3.18. The van der Waals surface area contributed by atoms with Crippen LogP contribution in [-0.2, 0) is 0 Å². The van der Waals surface area contributed by atoms with Crippen LogP contribution < -0.4 is 15.5 Å². The average Bonchev–Trinajstić information content (AvgIpc) is 3.22. The predicted octanol–water partition coefficient (Wildman–Crippen LogP) is 4.28. The zero-order valence-corrected chi connectivity index (χ0v) is 19.9. The molecular weight excluding hydrogens is 507 g/mol. The second-order valence-electron chi connectivity index (χ2n) is 6.64. The maximum atomic E-state index is 10.4. The summed E-state index contributed by atoms with van der Waals surface area (Å²) in [6.45, 7) is 5.24. The number of anilines is 1. The summed E-state index contributed by atoms with van der Waals surface area (Å²) in [5.74, 6) is 0.764. The van der Waals surface area contributed by atoms with Crippen LogP contribution in [0.1, 0.15) is 31.4 Å². The van der Waals surface area contributed by atoms with E-state index in [4.69, 9.17) is 11.6 Å². The first kappa shape index (κ1) is 23.3. The molecule has 0 amide bonds. The van der Waals surface area contributed by atoms with Crippen LogP contribution in [0.3, 0.4) is 0 Å². The molecule has 28 heavy (non-hydrogen) atoms. The molecule has 1 aromatic heterocycles. The van der Waals surface area contributed by atoms with Crippen LogP contribution in [0, 0.1) is 0 Å². The Bertz CT molecular complexity index is 718. The van der Waals surface area contributed by atoms with E-state index in [0.29, 0.717) is 17.6 Å². The lowest BCUT2D eigenvalue weighted by Crippen LogP contribution is -2.48. The first-order valence-electron chi connectivity index (χ1n) is 9.42. The van der Waals surface area contributed by atoms with Gasteiger partial charge in [-0.15, -0.1) is 35.3 Å². The van der Waals surface area contributed by atoms with Gasteiger partial charge in [0.25, 0.3) is 0 Å². The van der Waals surface area contributed by atoms with Crippen LogP contribution in [0.4, 0.5) is 5.00 Å². The molecule has 0 bridgehead atoms. The Morgan fingerprint density at radius 1 is 1.29 bits per heavy atom. The summed E-state index contributed by atoms with van der Waals surface area (Å²) in [5.41, 5.74) is 0.822. The number of halogens is 2. The van der Waals surface area contributed by atoms with E-state index in [9.17, 15) is 5.11 Å². The summed E-state index contributed by atoms with van der Waals surface area (Å²) in [6.07, 6.45) is 1.50. The van der Waals surface area contributed by atoms with Gasteiger partial charge in [0, 0.05) is 30.7 Å². The fraction of sp³-hybridized carbons (Fsp3) is 0.450. The molecule has 154 valence electrons. The number of piperidine rings is 1. The maximum absolute atomic E-state index is 10.4. The molecule has 5 nitrogen and oxygen atoms in total. The smallest absolute Gasteiger partial charge is 0.191 e. The van der Waals surface area contributed by atoms with Crippen LogP contribution >= 0.6 is 46.9 Å². The molecule has 2 aromatic rings. The molecule has 3 N–H and O–H groups in total. The zero-order chi connectivity index (χ0) is 19.1. The van der Waals surface area contributed by atoms with E-state index in [1.54, 1.807) is 23.5 Å². The first-order valence-corrected chi connectivity index (χ1v) is 10.7. The number of nitrogens with zero attached hydrogens (tertiary/aromatic N) is 2. The summed E-state index contributed by atoms with van der Waals surface area (Å²) >= 11 is 7.70. The highest BCUT2D eigenvalue weighted by Crippen LogP contribution is 2.24. The van der Waals surface area contributed by atoms with Crippen molar-refractivity contribution in [3.63, 3.8) is 0 Å². The highest BCUT2D eigenvalue weighted by Gasteiger charge is 2.20. The minimum Gasteiger partial charge on any atom is -0.386 e. The number of thiophene rings is 1. The van der Waals surface area contributed by atoms with E-state index in [1.807, 2.05) is 19.1 Å². The van der Waals surface area contributed by atoms with Crippen molar-refractivity contribution >= 4 is 57.9 Å². The van der Waals surface area contributed by atoms with Crippen molar-refractivity contribution in [2.75, 3.05) is 31.1 Å². The summed E-state index contributed by atoms with van der Waals surface area (Å²) in [7, 11) is 0. The number of benzene rings is 1. The normalized spacial score (nSPS) is 16.4. The number of aliphatic imine (C=N–C) groups is 1. The third-order valence-electron chi connectivity index (χ3n) is 4.67. The standard InChI is InChI=1S/C20H27ClN4OS.HI/c1-2-22-20(23-14-18(26)15-5-7-16(21)8-6-15)24-17-9-11-25(12-10-17)19-4-3-13-27-19;/h3-8,13,17-18,26H,2,9-12,14H2,1H3,(H2,22,23,24);1H. The van der Waals surface area contributed by atoms with Crippen molar-refractivity contribution < 1.29 is 5.11 Å². The van der Waals surface area contributed by atoms with Gasteiger partial charge in [0.2, 0.25) is 0 Å². The van der Waals surface area contributed by atoms with Gasteiger partial charge in [0.1, 0.15) is 0 Å². The molecule has 2 heterocycles. The molecule has 3 rings (SSSR count). The average molecular weight is 535 g/mol. The molecule has 1 aliphatic heterocycles. The van der Waals surface area contributed by atoms with Gasteiger partial charge in [-0.3, -0.25) is 4.99 Å². The summed E-state index contributed by atoms with van der Waals surface area (Å²) in [6, 6.07) is 11.9. The maximum Gasteiger partial charge on any atom is 0.191 e. The molecule has 1 atom stereocenters. The highest BCUT2D eigenvalue weighted by atomic mass is 127. The van der Waals surface area contributed by atoms with Crippen LogP contribution in [-0.4, -0.2) is 43.3 Å². The van der Waals surface area contributed by atoms with E-state index in [-0.39, 0.29) is 24.0 Å². The van der Waals surface area contributed by atoms with Gasteiger partial charge < -0.3 is 20.6 Å². The molecule has 0 spiro atoms. The highest BCUT2D eigenvalue weighted by molar-refractivity contribution is 14.0. The SMILES string of the molecule is CCNC(=NCC(O)c1ccc(Cl)cc1)NC1CCN(c2cccs2)CC1.I. The Kier molecular flexibility index (Phi) is 9.84. The van der Waals surface area contributed by atoms with Gasteiger partial charge in [0.05, 0.1) is 17.6 Å². The number of rotatable bonds is 6. The topological polar surface area (TPSA) is 59.9 Å². The van der Waals surface area contributed by atoms with Crippen molar-refractivity contribution in [2.24, 2.45) is 4.99 Å². The van der Waals surface area contributed by atoms with Crippen LogP contribution in [0.5, 0.6) is 0 Å². The van der Waals surface area contributed by atoms with Gasteiger partial charge in [-0.25, -0.2) is 0 Å². The minimum absolute atomic E-state index is 0. The van der Waals surface area contributed by atoms with Crippen LogP contribution in [0.25, 0.3) is 0 Å². The largest absolute Gasteiger partial charge is 0.386 e. The number of hydrogen-bond donors (Lipinski definition) is 3. The lowest BCUT2D eigenvalue weighted by Gasteiger charge is -2.33. The summed E-state index contributed by atoms with van der Waals surface area (Å²) in [5, 5.41) is 21.3. The monoisotopic (exact) mass is 534 g/mol. The second kappa shape index (κ2) is 11.8. The Balaban J connectivity index is 0.00000280. The van der Waals surface area contributed by atoms with Crippen molar-refractivity contribution in [1.82, 2.24) is 10.6 Å². The number of guanidine groups is 1. The molecule has 1 fully saturated rings. The van der Waals surface area contributed by atoms with Gasteiger partial charge in [-0.1, -0.05) is 23.7 Å². The molecule has 1 saturated heterocycles. The van der Waals surface area contributed by atoms with Crippen molar-refractivity contribution in [3.05, 3.63) is 52.4 Å². The Morgan fingerprint density at radius 2 is 2.00 bits per heavy atom. The Labute approximate surface area is 193 Å². The molecule has 0 aliphatic carbocycles. The molecule has 1 unspecified atom stereocenters. The molecular formula is C20H28ClIN4OS. The van der Waals surface area contributed by atoms with Crippen molar-refractivity contribution in [3.8, 4) is 0 Å². The minimum atomic E-state index is -0.640. The fourth-order valence-corrected chi connectivity index (χ4v) is 4.09. The Hall–Kier alpha value is -1.03. The second-order valence-corrected chi connectivity index (χ2v) is 8.01. The van der Waals surface area contributed by atoms with E-state index in [2.05, 4.69) is 38.0 Å². The van der Waals surface area contributed by atoms with Crippen molar-refractivity contribution in [2.45, 2.75) is 31.9 Å². The number of hydrogen-bond acceptors (Lipinski definition) is 4. The van der Waals surface area contributed by atoms with Crippen molar-refractivity contribution in [1.29, 1.82) is 0 Å². The Morgan fingerprint density at radius 3 is 2.61 bits per heavy atom. The summed E-state index contributed by atoms with van der Waals surface area (Å²) in [4.78, 5) is 7.02.